The third-order valence-electron chi connectivity index (χ3n) is 3.74. The molecule has 20 heavy (non-hydrogen) atoms. The molecule has 4 nitrogen and oxygen atoms in total. The molecule has 0 fully saturated rings. The van der Waals surface area contributed by atoms with E-state index in [-0.39, 0.29) is 0 Å². The third kappa shape index (κ3) is 3.00. The van der Waals surface area contributed by atoms with Gasteiger partial charge >= 0.3 is 5.97 Å². The lowest BCUT2D eigenvalue weighted by molar-refractivity contribution is -0.149. The first-order valence-corrected chi connectivity index (χ1v) is 6.94. The average Bonchev–Trinajstić information content (AvgIpc) is 2.73. The van der Waals surface area contributed by atoms with Gasteiger partial charge in [-0.1, -0.05) is 26.8 Å². The zero-order chi connectivity index (χ0) is 14.9. The van der Waals surface area contributed by atoms with Crippen LogP contribution in [0.1, 0.15) is 38.3 Å². The first kappa shape index (κ1) is 14.6. The molecule has 1 aromatic carbocycles. The van der Waals surface area contributed by atoms with Crippen LogP contribution < -0.4 is 5.32 Å². The van der Waals surface area contributed by atoms with E-state index in [0.29, 0.717) is 5.69 Å². The highest BCUT2D eigenvalue weighted by Gasteiger charge is 2.37. The van der Waals surface area contributed by atoms with Crippen molar-refractivity contribution >= 4 is 17.6 Å². The fourth-order valence-corrected chi connectivity index (χ4v) is 2.74. The minimum absolute atomic E-state index is 0.456. The molecule has 2 rings (SSSR count). The summed E-state index contributed by atoms with van der Waals surface area (Å²) < 4.78 is 0. The van der Waals surface area contributed by atoms with Crippen molar-refractivity contribution in [2.75, 3.05) is 5.32 Å². The van der Waals surface area contributed by atoms with Gasteiger partial charge in [0.1, 0.15) is 5.92 Å². The number of carbonyl (C=O) groups is 2. The summed E-state index contributed by atoms with van der Waals surface area (Å²) in [5.74, 6) is -2.60. The van der Waals surface area contributed by atoms with Crippen LogP contribution in [-0.4, -0.2) is 17.0 Å². The quantitative estimate of drug-likeness (QED) is 0.834. The molecule has 0 spiro atoms. The normalized spacial score (nSPS) is 15.6. The fourth-order valence-electron chi connectivity index (χ4n) is 2.74. The van der Waals surface area contributed by atoms with Crippen LogP contribution in [-0.2, 0) is 22.4 Å². The average molecular weight is 275 g/mol. The monoisotopic (exact) mass is 275 g/mol. The van der Waals surface area contributed by atoms with Crippen molar-refractivity contribution in [3.05, 3.63) is 29.3 Å². The Hall–Kier alpha value is -1.84. The summed E-state index contributed by atoms with van der Waals surface area (Å²) in [6.07, 6.45) is 3.26. The van der Waals surface area contributed by atoms with Crippen LogP contribution in [0.2, 0.25) is 0 Å². The van der Waals surface area contributed by atoms with E-state index in [1.807, 2.05) is 18.2 Å². The largest absolute Gasteiger partial charge is 0.481 e. The standard InChI is InChI=1S/C16H21NO3/c1-16(2,3)13(15(19)20)14(18)17-12-8-7-10-5-4-6-11(10)9-12/h7-9,13H,4-6H2,1-3H3,(H,17,18)(H,19,20). The van der Waals surface area contributed by atoms with Crippen molar-refractivity contribution in [1.82, 2.24) is 0 Å². The van der Waals surface area contributed by atoms with E-state index in [2.05, 4.69) is 5.32 Å². The summed E-state index contributed by atoms with van der Waals surface area (Å²) in [6, 6.07) is 5.83. The van der Waals surface area contributed by atoms with Crippen LogP contribution >= 0.6 is 0 Å². The zero-order valence-corrected chi connectivity index (χ0v) is 12.2. The molecule has 0 heterocycles. The maximum atomic E-state index is 12.2. The summed E-state index contributed by atoms with van der Waals surface area (Å²) in [7, 11) is 0. The van der Waals surface area contributed by atoms with E-state index in [0.717, 1.165) is 19.3 Å². The van der Waals surface area contributed by atoms with Crippen LogP contribution in [0.25, 0.3) is 0 Å². The first-order chi connectivity index (χ1) is 9.29. The number of carbonyl (C=O) groups excluding carboxylic acids is 1. The minimum Gasteiger partial charge on any atom is -0.481 e. The van der Waals surface area contributed by atoms with E-state index < -0.39 is 23.2 Å². The van der Waals surface area contributed by atoms with Crippen molar-refractivity contribution in [2.24, 2.45) is 11.3 Å². The summed E-state index contributed by atoms with van der Waals surface area (Å²) in [6.45, 7) is 5.27. The van der Waals surface area contributed by atoms with Gasteiger partial charge in [0.25, 0.3) is 0 Å². The van der Waals surface area contributed by atoms with E-state index in [4.69, 9.17) is 0 Å². The van der Waals surface area contributed by atoms with Crippen LogP contribution in [0.5, 0.6) is 0 Å². The summed E-state index contributed by atoms with van der Waals surface area (Å²) in [5, 5.41) is 12.0. The Morgan fingerprint density at radius 2 is 1.85 bits per heavy atom. The molecular weight excluding hydrogens is 254 g/mol. The third-order valence-corrected chi connectivity index (χ3v) is 3.74. The number of benzene rings is 1. The number of carboxylic acids is 1. The number of hydrogen-bond donors (Lipinski definition) is 2. The van der Waals surface area contributed by atoms with E-state index in [9.17, 15) is 14.7 Å². The van der Waals surface area contributed by atoms with Crippen molar-refractivity contribution in [1.29, 1.82) is 0 Å². The lowest BCUT2D eigenvalue weighted by Gasteiger charge is -2.26. The molecule has 0 bridgehead atoms. The van der Waals surface area contributed by atoms with Gasteiger partial charge < -0.3 is 10.4 Å². The molecule has 1 unspecified atom stereocenters. The van der Waals surface area contributed by atoms with Gasteiger partial charge in [-0.05, 0) is 47.9 Å². The van der Waals surface area contributed by atoms with Gasteiger partial charge in [0, 0.05) is 5.69 Å². The molecule has 1 aliphatic rings. The number of nitrogens with one attached hydrogen (secondary N) is 1. The van der Waals surface area contributed by atoms with Gasteiger partial charge in [0.15, 0.2) is 0 Å². The number of anilines is 1. The lowest BCUT2D eigenvalue weighted by atomic mass is 9.80. The molecule has 1 amide bonds. The Morgan fingerprint density at radius 1 is 1.20 bits per heavy atom. The highest BCUT2D eigenvalue weighted by molar-refractivity contribution is 6.04. The van der Waals surface area contributed by atoms with Gasteiger partial charge in [-0.2, -0.15) is 0 Å². The minimum atomic E-state index is -1.09. The SMILES string of the molecule is CC(C)(C)C(C(=O)O)C(=O)Nc1ccc2c(c1)CCC2. The Bertz CT molecular complexity index is 543. The molecule has 0 saturated carbocycles. The molecule has 4 heteroatoms. The van der Waals surface area contributed by atoms with Gasteiger partial charge in [-0.15, -0.1) is 0 Å². The Balaban J connectivity index is 2.16. The molecule has 1 aliphatic carbocycles. The molecule has 108 valence electrons. The Morgan fingerprint density at radius 3 is 2.45 bits per heavy atom. The second-order valence-electron chi connectivity index (χ2n) is 6.46. The smallest absolute Gasteiger partial charge is 0.316 e. The predicted octanol–water partition coefficient (Wildman–Crippen LogP) is 2.86. The van der Waals surface area contributed by atoms with Crippen LogP contribution in [0, 0.1) is 11.3 Å². The summed E-state index contributed by atoms with van der Waals surface area (Å²) in [4.78, 5) is 23.5. The van der Waals surface area contributed by atoms with Gasteiger partial charge in [0.05, 0.1) is 0 Å². The first-order valence-electron chi connectivity index (χ1n) is 6.94. The molecule has 2 N–H and O–H groups in total. The molecule has 0 aromatic heterocycles. The Labute approximate surface area is 119 Å². The molecule has 0 saturated heterocycles. The number of rotatable bonds is 3. The molecule has 0 radical (unpaired) electrons. The number of aliphatic carboxylic acids is 1. The highest BCUT2D eigenvalue weighted by Crippen LogP contribution is 2.29. The second kappa shape index (κ2) is 5.27. The van der Waals surface area contributed by atoms with Gasteiger partial charge in [-0.3, -0.25) is 9.59 Å². The number of amides is 1. The predicted molar refractivity (Wildman–Crippen MR) is 77.7 cm³/mol. The van der Waals surface area contributed by atoms with Crippen LogP contribution in [0.4, 0.5) is 5.69 Å². The Kier molecular flexibility index (Phi) is 3.84. The van der Waals surface area contributed by atoms with E-state index >= 15 is 0 Å². The highest BCUT2D eigenvalue weighted by atomic mass is 16.4. The maximum absolute atomic E-state index is 12.2. The van der Waals surface area contributed by atoms with Crippen LogP contribution in [0.15, 0.2) is 18.2 Å². The number of fused-ring (bicyclic) bond motifs is 1. The van der Waals surface area contributed by atoms with Gasteiger partial charge in [0.2, 0.25) is 5.91 Å². The number of hydrogen-bond acceptors (Lipinski definition) is 2. The fraction of sp³-hybridized carbons (Fsp3) is 0.500. The molecule has 1 aromatic rings. The van der Waals surface area contributed by atoms with Crippen molar-refractivity contribution in [2.45, 2.75) is 40.0 Å². The van der Waals surface area contributed by atoms with Crippen LogP contribution in [0.3, 0.4) is 0 Å². The maximum Gasteiger partial charge on any atom is 0.316 e. The van der Waals surface area contributed by atoms with Crippen molar-refractivity contribution in [3.8, 4) is 0 Å². The van der Waals surface area contributed by atoms with E-state index in [1.165, 1.54) is 11.1 Å². The number of aryl methyl sites for hydroxylation is 2. The molecular formula is C16H21NO3. The molecule has 0 aliphatic heterocycles. The molecule has 1 atom stereocenters. The zero-order valence-electron chi connectivity index (χ0n) is 12.2. The van der Waals surface area contributed by atoms with Crippen molar-refractivity contribution < 1.29 is 14.7 Å². The second-order valence-corrected chi connectivity index (χ2v) is 6.46. The summed E-state index contributed by atoms with van der Waals surface area (Å²) in [5.41, 5.74) is 2.65. The van der Waals surface area contributed by atoms with Gasteiger partial charge in [-0.25, -0.2) is 0 Å². The van der Waals surface area contributed by atoms with E-state index in [1.54, 1.807) is 20.8 Å². The topological polar surface area (TPSA) is 66.4 Å². The summed E-state index contributed by atoms with van der Waals surface area (Å²) >= 11 is 0. The van der Waals surface area contributed by atoms with Crippen molar-refractivity contribution in [3.63, 3.8) is 0 Å². The number of carboxylic acid groups (broad SMARTS) is 1. The lowest BCUT2D eigenvalue weighted by Crippen LogP contribution is -2.39.